The number of halogens is 1. The third-order valence-electron chi connectivity index (χ3n) is 3.96. The van der Waals surface area contributed by atoms with E-state index in [2.05, 4.69) is 49.1 Å². The third-order valence-corrected chi connectivity index (χ3v) is 4.40. The lowest BCUT2D eigenvalue weighted by molar-refractivity contribution is 0.102. The van der Waals surface area contributed by atoms with Crippen molar-refractivity contribution in [2.24, 2.45) is 0 Å². The number of nitrogens with zero attached hydrogens (tertiary/aromatic N) is 3. The second-order valence-corrected chi connectivity index (χ2v) is 6.57. The molecule has 1 aromatic heterocycles. The Bertz CT molecular complexity index is 698. The number of anilines is 2. The molecule has 2 aromatic rings. The zero-order chi connectivity index (χ0) is 16.2. The molecule has 1 N–H and O–H groups in total. The summed E-state index contributed by atoms with van der Waals surface area (Å²) < 4.78 is 0.789. The molecule has 0 bridgehead atoms. The smallest absolute Gasteiger partial charge is 0.257 e. The summed E-state index contributed by atoms with van der Waals surface area (Å²) in [6.45, 7) is 3.97. The normalized spacial score (nSPS) is 15.5. The van der Waals surface area contributed by atoms with Crippen LogP contribution in [-0.4, -0.2) is 49.0 Å². The number of hydrogen-bond donors (Lipinski definition) is 1. The molecule has 0 radical (unpaired) electrons. The van der Waals surface area contributed by atoms with Gasteiger partial charge in [-0.1, -0.05) is 12.1 Å². The van der Waals surface area contributed by atoms with Crippen LogP contribution in [-0.2, 0) is 0 Å². The molecule has 120 valence electrons. The Kier molecular flexibility index (Phi) is 4.93. The van der Waals surface area contributed by atoms with Crippen molar-refractivity contribution in [2.75, 3.05) is 43.4 Å². The summed E-state index contributed by atoms with van der Waals surface area (Å²) in [6, 6.07) is 9.70. The fourth-order valence-corrected chi connectivity index (χ4v) is 3.00. The minimum absolute atomic E-state index is 0.152. The van der Waals surface area contributed by atoms with Crippen molar-refractivity contribution in [3.8, 4) is 0 Å². The Morgan fingerprint density at radius 2 is 1.91 bits per heavy atom. The number of nitrogens with one attached hydrogen (secondary N) is 1. The van der Waals surface area contributed by atoms with Crippen LogP contribution >= 0.6 is 15.9 Å². The lowest BCUT2D eigenvalue weighted by Gasteiger charge is -2.35. The van der Waals surface area contributed by atoms with Crippen LogP contribution in [0.4, 0.5) is 11.4 Å². The van der Waals surface area contributed by atoms with Crippen molar-refractivity contribution in [3.63, 3.8) is 0 Å². The summed E-state index contributed by atoms with van der Waals surface area (Å²) in [5.41, 5.74) is 2.44. The number of para-hydroxylation sites is 2. The van der Waals surface area contributed by atoms with Crippen LogP contribution in [0.15, 0.2) is 47.2 Å². The van der Waals surface area contributed by atoms with Crippen molar-refractivity contribution < 1.29 is 4.79 Å². The highest BCUT2D eigenvalue weighted by molar-refractivity contribution is 9.10. The largest absolute Gasteiger partial charge is 0.367 e. The zero-order valence-corrected chi connectivity index (χ0v) is 14.6. The Morgan fingerprint density at radius 1 is 1.17 bits per heavy atom. The summed E-state index contributed by atoms with van der Waals surface area (Å²) in [6.07, 6.45) is 3.23. The van der Waals surface area contributed by atoms with E-state index in [0.717, 1.165) is 42.0 Å². The number of pyridine rings is 1. The predicted octanol–water partition coefficient (Wildman–Crippen LogP) is 2.85. The molecule has 1 aromatic carbocycles. The number of amides is 1. The highest BCUT2D eigenvalue weighted by Crippen LogP contribution is 2.27. The first-order valence-corrected chi connectivity index (χ1v) is 8.37. The number of likely N-dealkylation sites (N-methyl/N-ethyl adjacent to an activating group) is 1. The van der Waals surface area contributed by atoms with Crippen LogP contribution in [0.1, 0.15) is 10.4 Å². The molecular weight excluding hydrogens is 356 g/mol. The van der Waals surface area contributed by atoms with Crippen molar-refractivity contribution >= 4 is 33.2 Å². The van der Waals surface area contributed by atoms with E-state index in [1.54, 1.807) is 18.5 Å². The SMILES string of the molecule is CN1CCN(c2ccccc2NC(=O)c2cncc(Br)c2)CC1. The number of hydrogen-bond acceptors (Lipinski definition) is 4. The summed E-state index contributed by atoms with van der Waals surface area (Å²) in [5, 5.41) is 3.01. The monoisotopic (exact) mass is 374 g/mol. The molecule has 3 rings (SSSR count). The van der Waals surface area contributed by atoms with Gasteiger partial charge < -0.3 is 15.1 Å². The molecule has 0 unspecified atom stereocenters. The van der Waals surface area contributed by atoms with E-state index >= 15 is 0 Å². The zero-order valence-electron chi connectivity index (χ0n) is 13.0. The van der Waals surface area contributed by atoms with Gasteiger partial charge in [-0.2, -0.15) is 0 Å². The third kappa shape index (κ3) is 3.89. The topological polar surface area (TPSA) is 48.5 Å². The molecule has 0 saturated carbocycles. The van der Waals surface area contributed by atoms with E-state index in [0.29, 0.717) is 5.56 Å². The van der Waals surface area contributed by atoms with Gasteiger partial charge in [-0.25, -0.2) is 0 Å². The van der Waals surface area contributed by atoms with E-state index in [9.17, 15) is 4.79 Å². The standard InChI is InChI=1S/C17H19BrN4O/c1-21-6-8-22(9-7-21)16-5-3-2-4-15(16)20-17(23)13-10-14(18)12-19-11-13/h2-5,10-12H,6-9H2,1H3,(H,20,23). The van der Waals surface area contributed by atoms with E-state index < -0.39 is 0 Å². The minimum Gasteiger partial charge on any atom is -0.367 e. The second-order valence-electron chi connectivity index (χ2n) is 5.65. The molecule has 0 atom stereocenters. The van der Waals surface area contributed by atoms with Crippen molar-refractivity contribution in [1.29, 1.82) is 0 Å². The fourth-order valence-electron chi connectivity index (χ4n) is 2.63. The first-order chi connectivity index (χ1) is 11.1. The van der Waals surface area contributed by atoms with E-state index in [1.165, 1.54) is 0 Å². The molecule has 23 heavy (non-hydrogen) atoms. The summed E-state index contributed by atoms with van der Waals surface area (Å²) in [5.74, 6) is -0.152. The Labute approximate surface area is 144 Å². The number of rotatable bonds is 3. The lowest BCUT2D eigenvalue weighted by atomic mass is 10.2. The Balaban J connectivity index is 1.79. The second kappa shape index (κ2) is 7.10. The summed E-state index contributed by atoms with van der Waals surface area (Å²) in [7, 11) is 2.13. The highest BCUT2D eigenvalue weighted by atomic mass is 79.9. The maximum atomic E-state index is 12.5. The van der Waals surface area contributed by atoms with E-state index in [1.807, 2.05) is 18.2 Å². The molecule has 2 heterocycles. The Morgan fingerprint density at radius 3 is 2.65 bits per heavy atom. The van der Waals surface area contributed by atoms with Crippen molar-refractivity contribution in [3.05, 3.63) is 52.8 Å². The number of aromatic nitrogens is 1. The van der Waals surface area contributed by atoms with Gasteiger partial charge >= 0.3 is 0 Å². The molecule has 0 spiro atoms. The molecule has 0 aliphatic carbocycles. The van der Waals surface area contributed by atoms with Gasteiger partial charge in [0.2, 0.25) is 0 Å². The van der Waals surface area contributed by atoms with Gasteiger partial charge in [0.1, 0.15) is 0 Å². The number of carbonyl (C=O) groups is 1. The minimum atomic E-state index is -0.152. The molecule has 1 fully saturated rings. The van der Waals surface area contributed by atoms with Gasteiger partial charge in [0, 0.05) is 43.0 Å². The van der Waals surface area contributed by atoms with Gasteiger partial charge in [0.25, 0.3) is 5.91 Å². The van der Waals surface area contributed by atoms with E-state index in [4.69, 9.17) is 0 Å². The number of piperazine rings is 1. The van der Waals surface area contributed by atoms with Crippen LogP contribution in [0.25, 0.3) is 0 Å². The van der Waals surface area contributed by atoms with Crippen LogP contribution in [0.5, 0.6) is 0 Å². The molecule has 1 aliphatic rings. The van der Waals surface area contributed by atoms with E-state index in [-0.39, 0.29) is 5.91 Å². The van der Waals surface area contributed by atoms with Crippen LogP contribution in [0.3, 0.4) is 0 Å². The van der Waals surface area contributed by atoms with Crippen LogP contribution in [0, 0.1) is 0 Å². The summed E-state index contributed by atoms with van der Waals surface area (Å²) >= 11 is 3.34. The Hall–Kier alpha value is -1.92. The summed E-state index contributed by atoms with van der Waals surface area (Å²) in [4.78, 5) is 21.1. The van der Waals surface area contributed by atoms with Gasteiger partial charge in [-0.15, -0.1) is 0 Å². The average molecular weight is 375 g/mol. The molecule has 1 amide bonds. The number of carbonyl (C=O) groups excluding carboxylic acids is 1. The predicted molar refractivity (Wildman–Crippen MR) is 96.0 cm³/mol. The maximum absolute atomic E-state index is 12.5. The quantitative estimate of drug-likeness (QED) is 0.897. The maximum Gasteiger partial charge on any atom is 0.257 e. The van der Waals surface area contributed by atoms with Crippen LogP contribution < -0.4 is 10.2 Å². The lowest BCUT2D eigenvalue weighted by Crippen LogP contribution is -2.44. The number of benzene rings is 1. The molecule has 5 nitrogen and oxygen atoms in total. The first-order valence-electron chi connectivity index (χ1n) is 7.58. The average Bonchev–Trinajstić information content (AvgIpc) is 2.56. The van der Waals surface area contributed by atoms with Gasteiger partial charge in [-0.3, -0.25) is 9.78 Å². The molecular formula is C17H19BrN4O. The first kappa shape index (κ1) is 16.0. The van der Waals surface area contributed by atoms with Crippen molar-refractivity contribution in [2.45, 2.75) is 0 Å². The van der Waals surface area contributed by atoms with Crippen LogP contribution in [0.2, 0.25) is 0 Å². The van der Waals surface area contributed by atoms with Gasteiger partial charge in [-0.05, 0) is 41.2 Å². The molecule has 1 saturated heterocycles. The molecule has 6 heteroatoms. The highest BCUT2D eigenvalue weighted by Gasteiger charge is 2.18. The fraction of sp³-hybridized carbons (Fsp3) is 0.294. The van der Waals surface area contributed by atoms with Gasteiger partial charge in [0.05, 0.1) is 16.9 Å². The van der Waals surface area contributed by atoms with Crippen molar-refractivity contribution in [1.82, 2.24) is 9.88 Å². The molecule has 1 aliphatic heterocycles. The van der Waals surface area contributed by atoms with Gasteiger partial charge in [0.15, 0.2) is 0 Å².